The SMILES string of the molecule is Cc1noc2nc(CCC(=O)Nc3ccc(Br)cc3F)nc(N3CCCCC3)c12. The van der Waals surface area contributed by atoms with E-state index < -0.39 is 5.82 Å². The van der Waals surface area contributed by atoms with Crippen LogP contribution in [0.15, 0.2) is 27.2 Å². The quantitative estimate of drug-likeness (QED) is 0.606. The minimum Gasteiger partial charge on any atom is -0.356 e. The number of nitrogens with zero attached hydrogens (tertiary/aromatic N) is 4. The van der Waals surface area contributed by atoms with E-state index in [1.54, 1.807) is 6.07 Å². The molecular weight excluding hydrogens is 441 g/mol. The van der Waals surface area contributed by atoms with E-state index in [0.29, 0.717) is 22.4 Å². The number of halogens is 2. The van der Waals surface area contributed by atoms with Crippen molar-refractivity contribution in [2.24, 2.45) is 0 Å². The molecule has 1 saturated heterocycles. The minimum atomic E-state index is -0.491. The largest absolute Gasteiger partial charge is 0.356 e. The van der Waals surface area contributed by atoms with Crippen LogP contribution in [0.25, 0.3) is 11.1 Å². The second-order valence-electron chi connectivity index (χ2n) is 7.13. The van der Waals surface area contributed by atoms with Crippen LogP contribution >= 0.6 is 15.9 Å². The van der Waals surface area contributed by atoms with Gasteiger partial charge in [-0.05, 0) is 44.4 Å². The first-order valence-electron chi connectivity index (χ1n) is 9.64. The lowest BCUT2D eigenvalue weighted by molar-refractivity contribution is -0.116. The van der Waals surface area contributed by atoms with Crippen LogP contribution in [0, 0.1) is 12.7 Å². The normalized spacial score (nSPS) is 14.4. The molecule has 3 aromatic rings. The number of hydrogen-bond acceptors (Lipinski definition) is 6. The number of nitrogens with one attached hydrogen (secondary N) is 1. The lowest BCUT2D eigenvalue weighted by atomic mass is 10.1. The van der Waals surface area contributed by atoms with Gasteiger partial charge in [-0.25, -0.2) is 9.37 Å². The topological polar surface area (TPSA) is 84.1 Å². The van der Waals surface area contributed by atoms with Crippen LogP contribution in [0.4, 0.5) is 15.9 Å². The molecular formula is C20H21BrFN5O2. The van der Waals surface area contributed by atoms with Crippen LogP contribution in [0.1, 0.15) is 37.2 Å². The summed E-state index contributed by atoms with van der Waals surface area (Å²) in [6.07, 6.45) is 3.90. The molecule has 0 unspecified atom stereocenters. The third kappa shape index (κ3) is 4.39. The molecule has 152 valence electrons. The third-order valence-corrected chi connectivity index (χ3v) is 5.46. The van der Waals surface area contributed by atoms with Gasteiger partial charge in [0.1, 0.15) is 22.8 Å². The molecule has 1 N–H and O–H groups in total. The van der Waals surface area contributed by atoms with E-state index in [2.05, 4.69) is 36.3 Å². The molecule has 1 amide bonds. The van der Waals surface area contributed by atoms with Crippen LogP contribution in [0.2, 0.25) is 0 Å². The maximum atomic E-state index is 13.9. The van der Waals surface area contributed by atoms with Crippen molar-refractivity contribution in [2.75, 3.05) is 23.3 Å². The number of aromatic nitrogens is 3. The minimum absolute atomic E-state index is 0.133. The number of rotatable bonds is 5. The van der Waals surface area contributed by atoms with Gasteiger partial charge >= 0.3 is 0 Å². The molecule has 2 aromatic heterocycles. The number of amides is 1. The summed E-state index contributed by atoms with van der Waals surface area (Å²) in [7, 11) is 0. The van der Waals surface area contributed by atoms with Gasteiger partial charge < -0.3 is 14.7 Å². The maximum absolute atomic E-state index is 13.9. The lowest BCUT2D eigenvalue weighted by Gasteiger charge is -2.28. The van der Waals surface area contributed by atoms with Crippen molar-refractivity contribution in [1.82, 2.24) is 15.1 Å². The van der Waals surface area contributed by atoms with E-state index in [1.807, 2.05) is 6.92 Å². The fourth-order valence-corrected chi connectivity index (χ4v) is 3.82. The molecule has 1 fully saturated rings. The maximum Gasteiger partial charge on any atom is 0.263 e. The van der Waals surface area contributed by atoms with Gasteiger partial charge in [-0.15, -0.1) is 0 Å². The monoisotopic (exact) mass is 461 g/mol. The number of benzene rings is 1. The van der Waals surface area contributed by atoms with E-state index >= 15 is 0 Å². The Kier molecular flexibility index (Phi) is 5.75. The zero-order chi connectivity index (χ0) is 20.4. The molecule has 3 heterocycles. The molecule has 0 bridgehead atoms. The van der Waals surface area contributed by atoms with Gasteiger partial charge in [0, 0.05) is 30.4 Å². The summed E-state index contributed by atoms with van der Waals surface area (Å²) in [5, 5.41) is 7.45. The van der Waals surface area contributed by atoms with Crippen LogP contribution in [-0.2, 0) is 11.2 Å². The predicted octanol–water partition coefficient (Wildman–Crippen LogP) is 4.39. The Hall–Kier alpha value is -2.55. The summed E-state index contributed by atoms with van der Waals surface area (Å²) in [4.78, 5) is 23.7. The van der Waals surface area contributed by atoms with E-state index in [1.165, 1.54) is 18.6 Å². The highest BCUT2D eigenvalue weighted by Crippen LogP contribution is 2.29. The summed E-state index contributed by atoms with van der Waals surface area (Å²) < 4.78 is 19.9. The van der Waals surface area contributed by atoms with Crippen LogP contribution in [0.5, 0.6) is 0 Å². The summed E-state index contributed by atoms with van der Waals surface area (Å²) in [6, 6.07) is 4.50. The number of anilines is 2. The van der Waals surface area contributed by atoms with E-state index in [9.17, 15) is 9.18 Å². The van der Waals surface area contributed by atoms with Crippen molar-refractivity contribution in [1.29, 1.82) is 0 Å². The van der Waals surface area contributed by atoms with Gasteiger partial charge in [-0.2, -0.15) is 4.98 Å². The number of hydrogen-bond donors (Lipinski definition) is 1. The average molecular weight is 462 g/mol. The summed E-state index contributed by atoms with van der Waals surface area (Å²) in [5.41, 5.74) is 1.34. The molecule has 1 aliphatic heterocycles. The first-order valence-corrected chi connectivity index (χ1v) is 10.4. The number of carbonyl (C=O) groups excluding carboxylic acids is 1. The van der Waals surface area contributed by atoms with Crippen molar-refractivity contribution in [3.8, 4) is 0 Å². The molecule has 0 atom stereocenters. The smallest absolute Gasteiger partial charge is 0.263 e. The Bertz CT molecular complexity index is 1050. The number of carbonyl (C=O) groups is 1. The summed E-state index contributed by atoms with van der Waals surface area (Å²) >= 11 is 3.20. The Balaban J connectivity index is 1.51. The fraction of sp³-hybridized carbons (Fsp3) is 0.400. The standard InChI is InChI=1S/C20H21BrFN5O2/c1-12-18-19(27-9-3-2-4-10-27)24-16(25-20(18)29-26-12)7-8-17(28)23-15-6-5-13(21)11-14(15)22/h5-6,11H,2-4,7-10H2,1H3,(H,23,28). The Morgan fingerprint density at radius 1 is 1.28 bits per heavy atom. The van der Waals surface area contributed by atoms with E-state index in [0.717, 1.165) is 42.8 Å². The zero-order valence-corrected chi connectivity index (χ0v) is 17.6. The van der Waals surface area contributed by atoms with Crippen molar-refractivity contribution < 1.29 is 13.7 Å². The van der Waals surface area contributed by atoms with Gasteiger partial charge in [0.05, 0.1) is 11.4 Å². The van der Waals surface area contributed by atoms with Crippen molar-refractivity contribution in [3.05, 3.63) is 40.0 Å². The first-order chi connectivity index (χ1) is 14.0. The molecule has 0 aliphatic carbocycles. The van der Waals surface area contributed by atoms with Gasteiger partial charge in [-0.1, -0.05) is 21.1 Å². The molecule has 29 heavy (non-hydrogen) atoms. The molecule has 9 heteroatoms. The Morgan fingerprint density at radius 3 is 2.83 bits per heavy atom. The number of aryl methyl sites for hydroxylation is 2. The molecule has 1 aromatic carbocycles. The first kappa shape index (κ1) is 19.8. The highest BCUT2D eigenvalue weighted by Gasteiger charge is 2.21. The Labute approximate surface area is 175 Å². The van der Waals surface area contributed by atoms with Gasteiger partial charge in [-0.3, -0.25) is 4.79 Å². The van der Waals surface area contributed by atoms with Crippen molar-refractivity contribution in [3.63, 3.8) is 0 Å². The van der Waals surface area contributed by atoms with Crippen LogP contribution in [-0.4, -0.2) is 34.1 Å². The molecule has 0 radical (unpaired) electrons. The number of fused-ring (bicyclic) bond motifs is 1. The van der Waals surface area contributed by atoms with Gasteiger partial charge in [0.25, 0.3) is 5.71 Å². The van der Waals surface area contributed by atoms with Crippen LogP contribution in [0.3, 0.4) is 0 Å². The third-order valence-electron chi connectivity index (χ3n) is 4.97. The second-order valence-corrected chi connectivity index (χ2v) is 8.05. The van der Waals surface area contributed by atoms with Gasteiger partial charge in [0.15, 0.2) is 0 Å². The molecule has 4 rings (SSSR count). The fourth-order valence-electron chi connectivity index (χ4n) is 3.49. The molecule has 7 nitrogen and oxygen atoms in total. The molecule has 1 aliphatic rings. The van der Waals surface area contributed by atoms with E-state index in [-0.39, 0.29) is 18.0 Å². The van der Waals surface area contributed by atoms with Crippen molar-refractivity contribution in [2.45, 2.75) is 39.0 Å². The Morgan fingerprint density at radius 2 is 2.07 bits per heavy atom. The highest BCUT2D eigenvalue weighted by atomic mass is 79.9. The molecule has 0 saturated carbocycles. The lowest BCUT2D eigenvalue weighted by Crippen LogP contribution is -2.30. The van der Waals surface area contributed by atoms with Gasteiger partial charge in [0.2, 0.25) is 5.91 Å². The average Bonchev–Trinajstić information content (AvgIpc) is 3.09. The van der Waals surface area contributed by atoms with Crippen molar-refractivity contribution >= 4 is 44.4 Å². The predicted molar refractivity (Wildman–Crippen MR) is 111 cm³/mol. The summed E-state index contributed by atoms with van der Waals surface area (Å²) in [6.45, 7) is 3.74. The number of piperidine rings is 1. The van der Waals surface area contributed by atoms with Crippen LogP contribution < -0.4 is 10.2 Å². The molecule has 0 spiro atoms. The zero-order valence-electron chi connectivity index (χ0n) is 16.0. The highest BCUT2D eigenvalue weighted by molar-refractivity contribution is 9.10. The second kappa shape index (κ2) is 8.44. The summed E-state index contributed by atoms with van der Waals surface area (Å²) in [5.74, 6) is 0.543. The van der Waals surface area contributed by atoms with E-state index in [4.69, 9.17) is 9.51 Å².